The minimum Gasteiger partial charge on any atom is -0.295 e. The molecular formula is C16H13N3S2. The number of aromatic nitrogens is 3. The Balaban J connectivity index is 1.56. The Morgan fingerprint density at radius 3 is 2.95 bits per heavy atom. The van der Waals surface area contributed by atoms with Gasteiger partial charge in [-0.05, 0) is 19.1 Å². The van der Waals surface area contributed by atoms with Gasteiger partial charge in [0.1, 0.15) is 0 Å². The number of nitrogens with zero attached hydrogens (tertiary/aromatic N) is 3. The molecular weight excluding hydrogens is 298 g/mol. The summed E-state index contributed by atoms with van der Waals surface area (Å²) in [7, 11) is 0. The topological polar surface area (TPSA) is 30.2 Å². The van der Waals surface area contributed by atoms with Gasteiger partial charge in [0.2, 0.25) is 0 Å². The lowest BCUT2D eigenvalue weighted by atomic mass is 10.2. The van der Waals surface area contributed by atoms with Gasteiger partial charge < -0.3 is 0 Å². The smallest absolute Gasteiger partial charge is 0.194 e. The Morgan fingerprint density at radius 1 is 1.14 bits per heavy atom. The van der Waals surface area contributed by atoms with E-state index in [-0.39, 0.29) is 0 Å². The van der Waals surface area contributed by atoms with Crippen molar-refractivity contribution in [1.82, 2.24) is 14.4 Å². The van der Waals surface area contributed by atoms with Crippen molar-refractivity contribution in [3.05, 3.63) is 59.4 Å². The van der Waals surface area contributed by atoms with E-state index in [4.69, 9.17) is 0 Å². The standard InChI is InChI=1S/C16H13N3S2/c1-11-9-21-16-17-13(8-19(11)16)10-20-15-7-6-12-4-2-3-5-14(12)18-15/h2-9H,10H2,1H3. The van der Waals surface area contributed by atoms with Crippen molar-refractivity contribution < 1.29 is 0 Å². The molecule has 0 fully saturated rings. The van der Waals surface area contributed by atoms with E-state index in [0.29, 0.717) is 0 Å². The van der Waals surface area contributed by atoms with E-state index in [1.54, 1.807) is 23.1 Å². The van der Waals surface area contributed by atoms with E-state index >= 15 is 0 Å². The highest BCUT2D eigenvalue weighted by molar-refractivity contribution is 7.98. The van der Waals surface area contributed by atoms with Crippen LogP contribution in [0.4, 0.5) is 0 Å². The predicted octanol–water partition coefficient (Wildman–Crippen LogP) is 4.54. The molecule has 0 N–H and O–H groups in total. The molecule has 0 aliphatic heterocycles. The highest BCUT2D eigenvalue weighted by atomic mass is 32.2. The minimum absolute atomic E-state index is 0.846. The van der Waals surface area contributed by atoms with E-state index in [9.17, 15) is 0 Å². The molecule has 4 rings (SSSR count). The molecule has 0 atom stereocenters. The molecule has 1 aromatic carbocycles. The molecule has 0 aliphatic rings. The molecule has 0 radical (unpaired) electrons. The fourth-order valence-corrected chi connectivity index (χ4v) is 3.92. The number of hydrogen-bond donors (Lipinski definition) is 0. The Labute approximate surface area is 130 Å². The Hall–Kier alpha value is -1.85. The van der Waals surface area contributed by atoms with E-state index in [1.165, 1.54) is 11.1 Å². The highest BCUT2D eigenvalue weighted by Crippen LogP contribution is 2.24. The molecule has 0 saturated carbocycles. The summed E-state index contributed by atoms with van der Waals surface area (Å²) in [5.74, 6) is 0.846. The molecule has 3 nitrogen and oxygen atoms in total. The van der Waals surface area contributed by atoms with E-state index in [2.05, 4.69) is 57.1 Å². The van der Waals surface area contributed by atoms with Gasteiger partial charge in [-0.25, -0.2) is 9.97 Å². The zero-order valence-electron chi connectivity index (χ0n) is 11.5. The minimum atomic E-state index is 0.846. The molecule has 3 aromatic heterocycles. The summed E-state index contributed by atoms with van der Waals surface area (Å²) in [5, 5.41) is 4.35. The van der Waals surface area contributed by atoms with Crippen LogP contribution in [0.2, 0.25) is 0 Å². The fourth-order valence-electron chi connectivity index (χ4n) is 2.29. The second kappa shape index (κ2) is 5.16. The van der Waals surface area contributed by atoms with Crippen LogP contribution < -0.4 is 0 Å². The zero-order valence-corrected chi connectivity index (χ0v) is 13.1. The van der Waals surface area contributed by atoms with Gasteiger partial charge in [-0.3, -0.25) is 4.40 Å². The molecule has 0 unspecified atom stereocenters. The summed E-state index contributed by atoms with van der Waals surface area (Å²) in [4.78, 5) is 10.4. The summed E-state index contributed by atoms with van der Waals surface area (Å²) in [6.07, 6.45) is 2.12. The Morgan fingerprint density at radius 2 is 2.05 bits per heavy atom. The molecule has 0 bridgehead atoms. The molecule has 21 heavy (non-hydrogen) atoms. The van der Waals surface area contributed by atoms with Crippen LogP contribution in [0.1, 0.15) is 11.4 Å². The molecule has 104 valence electrons. The first-order chi connectivity index (χ1) is 10.3. The number of pyridine rings is 1. The van der Waals surface area contributed by atoms with E-state index in [1.807, 2.05) is 12.1 Å². The van der Waals surface area contributed by atoms with Gasteiger partial charge >= 0.3 is 0 Å². The second-order valence-electron chi connectivity index (χ2n) is 4.89. The first kappa shape index (κ1) is 12.9. The summed E-state index contributed by atoms with van der Waals surface area (Å²) >= 11 is 3.42. The summed E-state index contributed by atoms with van der Waals surface area (Å²) < 4.78 is 2.15. The summed E-state index contributed by atoms with van der Waals surface area (Å²) in [5.41, 5.74) is 3.39. The van der Waals surface area contributed by atoms with Crippen molar-refractivity contribution >= 4 is 39.0 Å². The second-order valence-corrected chi connectivity index (χ2v) is 6.72. The number of imidazole rings is 1. The lowest BCUT2D eigenvalue weighted by molar-refractivity contribution is 1.12. The maximum Gasteiger partial charge on any atom is 0.194 e. The molecule has 0 saturated heterocycles. The van der Waals surface area contributed by atoms with Crippen molar-refractivity contribution in [2.24, 2.45) is 0 Å². The molecule has 0 aliphatic carbocycles. The normalized spacial score (nSPS) is 11.5. The quantitative estimate of drug-likeness (QED) is 0.520. The number of hydrogen-bond acceptors (Lipinski definition) is 4. The molecule has 0 amide bonds. The maximum atomic E-state index is 4.68. The van der Waals surface area contributed by atoms with Crippen molar-refractivity contribution in [3.8, 4) is 0 Å². The van der Waals surface area contributed by atoms with Gasteiger partial charge in [0, 0.05) is 28.4 Å². The third-order valence-electron chi connectivity index (χ3n) is 3.38. The van der Waals surface area contributed by atoms with E-state index < -0.39 is 0 Å². The Bertz CT molecular complexity index is 923. The lowest BCUT2D eigenvalue weighted by Crippen LogP contribution is -1.85. The van der Waals surface area contributed by atoms with Crippen LogP contribution in [0.3, 0.4) is 0 Å². The molecule has 5 heteroatoms. The molecule has 3 heterocycles. The zero-order chi connectivity index (χ0) is 14.2. The average molecular weight is 311 g/mol. The lowest BCUT2D eigenvalue weighted by Gasteiger charge is -2.01. The van der Waals surface area contributed by atoms with Crippen LogP contribution in [0.25, 0.3) is 15.9 Å². The van der Waals surface area contributed by atoms with Gasteiger partial charge in [0.15, 0.2) is 4.96 Å². The molecule has 0 spiro atoms. The van der Waals surface area contributed by atoms with Crippen LogP contribution >= 0.6 is 23.1 Å². The van der Waals surface area contributed by atoms with Crippen LogP contribution in [0.5, 0.6) is 0 Å². The average Bonchev–Trinajstić information content (AvgIpc) is 3.07. The van der Waals surface area contributed by atoms with Gasteiger partial charge in [-0.15, -0.1) is 11.3 Å². The van der Waals surface area contributed by atoms with Gasteiger partial charge in [-0.1, -0.05) is 36.0 Å². The maximum absolute atomic E-state index is 4.68. The molecule has 4 aromatic rings. The monoisotopic (exact) mass is 311 g/mol. The van der Waals surface area contributed by atoms with Gasteiger partial charge in [0.25, 0.3) is 0 Å². The largest absolute Gasteiger partial charge is 0.295 e. The first-order valence-electron chi connectivity index (χ1n) is 6.70. The summed E-state index contributed by atoms with van der Waals surface area (Å²) in [6.45, 7) is 2.10. The van der Waals surface area contributed by atoms with Crippen LogP contribution in [0, 0.1) is 6.92 Å². The number of fused-ring (bicyclic) bond motifs is 2. The van der Waals surface area contributed by atoms with Crippen LogP contribution in [-0.2, 0) is 5.75 Å². The van der Waals surface area contributed by atoms with Crippen LogP contribution in [-0.4, -0.2) is 14.4 Å². The number of thioether (sulfide) groups is 1. The number of aryl methyl sites for hydroxylation is 1. The van der Waals surface area contributed by atoms with Crippen LogP contribution in [0.15, 0.2) is 53.0 Å². The number of para-hydroxylation sites is 1. The van der Waals surface area contributed by atoms with Crippen molar-refractivity contribution in [2.45, 2.75) is 17.7 Å². The fraction of sp³-hybridized carbons (Fsp3) is 0.125. The van der Waals surface area contributed by atoms with Crippen molar-refractivity contribution in [3.63, 3.8) is 0 Å². The highest BCUT2D eigenvalue weighted by Gasteiger charge is 2.06. The third kappa shape index (κ3) is 2.43. The number of rotatable bonds is 3. The number of thiazole rings is 1. The van der Waals surface area contributed by atoms with Gasteiger partial charge in [0.05, 0.1) is 16.2 Å². The van der Waals surface area contributed by atoms with Crippen molar-refractivity contribution in [1.29, 1.82) is 0 Å². The van der Waals surface area contributed by atoms with E-state index in [0.717, 1.165) is 27.0 Å². The third-order valence-corrected chi connectivity index (χ3v) is 5.30. The SMILES string of the molecule is Cc1csc2nc(CSc3ccc4ccccc4n3)cn12. The van der Waals surface area contributed by atoms with Gasteiger partial charge in [-0.2, -0.15) is 0 Å². The Kier molecular flexibility index (Phi) is 3.16. The van der Waals surface area contributed by atoms with Crippen molar-refractivity contribution in [2.75, 3.05) is 0 Å². The summed E-state index contributed by atoms with van der Waals surface area (Å²) in [6, 6.07) is 12.4. The number of benzene rings is 1. The first-order valence-corrected chi connectivity index (χ1v) is 8.57. The predicted molar refractivity (Wildman–Crippen MR) is 89.1 cm³/mol.